The van der Waals surface area contributed by atoms with Crippen LogP contribution in [0.5, 0.6) is 0 Å². The maximum atomic E-state index is 3.78. The van der Waals surface area contributed by atoms with Gasteiger partial charge in [-0.15, -0.1) is 0 Å². The molecule has 0 aromatic carbocycles. The van der Waals surface area contributed by atoms with Gasteiger partial charge < -0.3 is 4.90 Å². The summed E-state index contributed by atoms with van der Waals surface area (Å²) in [5.74, 6) is 0. The Kier molecular flexibility index (Phi) is 8.38. The Balaban J connectivity index is 5.64. The largest absolute Gasteiger partial charge is 0.339 e. The fourth-order valence-corrected chi connectivity index (χ4v) is 1.76. The van der Waals surface area contributed by atoms with Gasteiger partial charge in [0.15, 0.2) is 0 Å². The predicted octanol–water partition coefficient (Wildman–Crippen LogP) is 4.99. The van der Waals surface area contributed by atoms with Gasteiger partial charge in [-0.25, -0.2) is 0 Å². The number of allylic oxidation sites excluding steroid dienone is 8. The van der Waals surface area contributed by atoms with Crippen LogP contribution in [0.1, 0.15) is 27.7 Å². The first-order chi connectivity index (χ1) is 8.62. The van der Waals surface area contributed by atoms with Gasteiger partial charge in [-0.3, -0.25) is 0 Å². The minimum absolute atomic E-state index is 0.356. The Morgan fingerprint density at radius 2 is 1.28 bits per heavy atom. The Hall–Kier alpha value is -1.76. The van der Waals surface area contributed by atoms with E-state index in [1.54, 1.807) is 0 Å². The number of hydrogen-bond acceptors (Lipinski definition) is 1. The topological polar surface area (TPSA) is 3.24 Å². The van der Waals surface area contributed by atoms with Gasteiger partial charge in [-0.2, -0.15) is 0 Å². The molecular weight excluding hydrogens is 218 g/mol. The Morgan fingerprint density at radius 3 is 1.50 bits per heavy atom. The van der Waals surface area contributed by atoms with Crippen molar-refractivity contribution in [1.29, 1.82) is 0 Å². The molecule has 0 spiro atoms. The normalized spacial score (nSPS) is 13.6. The van der Waals surface area contributed by atoms with E-state index >= 15 is 0 Å². The summed E-state index contributed by atoms with van der Waals surface area (Å²) in [7, 11) is 0. The van der Waals surface area contributed by atoms with Gasteiger partial charge in [0.25, 0.3) is 0 Å². The molecule has 18 heavy (non-hydrogen) atoms. The van der Waals surface area contributed by atoms with E-state index in [2.05, 4.69) is 44.1 Å². The molecule has 0 atom stereocenters. The molecule has 98 valence electrons. The lowest BCUT2D eigenvalue weighted by molar-refractivity contribution is 0.374. The summed E-state index contributed by atoms with van der Waals surface area (Å²) in [4.78, 5) is 2.25. The highest BCUT2D eigenvalue weighted by Crippen LogP contribution is 2.20. The summed E-state index contributed by atoms with van der Waals surface area (Å²) < 4.78 is 0. The standard InChI is InChI=1S/C17H25N/c1-7-11-16(12-8-2)18(15(5)6)17(13-9-3)14-10-4/h7-15H,1,3H2,2,4-6H3/b12-8-,14-10-,16-11+,17-13+. The van der Waals surface area contributed by atoms with Crippen molar-refractivity contribution in [1.82, 2.24) is 4.90 Å². The molecule has 0 fully saturated rings. The SMILES string of the molecule is C=C/C=C(\C=C/C)N(C(/C=C\C)=C/C=C)C(C)C. The van der Waals surface area contributed by atoms with Gasteiger partial charge in [0.05, 0.1) is 0 Å². The zero-order valence-electron chi connectivity index (χ0n) is 12.1. The zero-order chi connectivity index (χ0) is 14.0. The van der Waals surface area contributed by atoms with Crippen LogP contribution in [0.4, 0.5) is 0 Å². The lowest BCUT2D eigenvalue weighted by Crippen LogP contribution is -2.28. The first kappa shape index (κ1) is 16.2. The molecule has 0 aromatic heterocycles. The molecular formula is C17H25N. The Bertz CT molecular complexity index is 344. The van der Waals surface area contributed by atoms with Crippen LogP contribution in [0.25, 0.3) is 0 Å². The molecule has 0 N–H and O–H groups in total. The van der Waals surface area contributed by atoms with Crippen LogP contribution in [0, 0.1) is 0 Å². The van der Waals surface area contributed by atoms with Gasteiger partial charge >= 0.3 is 0 Å². The monoisotopic (exact) mass is 243 g/mol. The molecule has 0 saturated carbocycles. The molecule has 0 saturated heterocycles. The molecule has 1 heteroatoms. The summed E-state index contributed by atoms with van der Waals surface area (Å²) in [6, 6.07) is 0.356. The second-order valence-corrected chi connectivity index (χ2v) is 4.12. The van der Waals surface area contributed by atoms with E-state index in [1.165, 1.54) is 0 Å². The van der Waals surface area contributed by atoms with Gasteiger partial charge in [0, 0.05) is 17.4 Å². The third kappa shape index (κ3) is 5.05. The second-order valence-electron chi connectivity index (χ2n) is 4.12. The molecule has 0 aromatic rings. The van der Waals surface area contributed by atoms with Crippen molar-refractivity contribution in [2.45, 2.75) is 33.7 Å². The van der Waals surface area contributed by atoms with Crippen molar-refractivity contribution in [2.24, 2.45) is 0 Å². The van der Waals surface area contributed by atoms with Crippen molar-refractivity contribution in [2.75, 3.05) is 0 Å². The molecule has 0 bridgehead atoms. The number of nitrogens with zero attached hydrogens (tertiary/aromatic N) is 1. The molecule has 1 nitrogen and oxygen atoms in total. The highest BCUT2D eigenvalue weighted by atomic mass is 15.2. The third-order valence-electron chi connectivity index (χ3n) is 2.32. The second kappa shape index (κ2) is 9.29. The maximum absolute atomic E-state index is 3.78. The molecule has 0 aliphatic carbocycles. The molecule has 0 aliphatic rings. The van der Waals surface area contributed by atoms with Gasteiger partial charge in [0.1, 0.15) is 0 Å². The quantitative estimate of drug-likeness (QED) is 0.569. The molecule has 0 aliphatic heterocycles. The summed E-state index contributed by atoms with van der Waals surface area (Å²) in [6.45, 7) is 15.9. The highest BCUT2D eigenvalue weighted by molar-refractivity contribution is 5.32. The number of rotatable bonds is 7. The molecule has 0 heterocycles. The Morgan fingerprint density at radius 1 is 0.889 bits per heavy atom. The van der Waals surface area contributed by atoms with Gasteiger partial charge in [0.2, 0.25) is 0 Å². The third-order valence-corrected chi connectivity index (χ3v) is 2.32. The lowest BCUT2D eigenvalue weighted by Gasteiger charge is -2.31. The first-order valence-corrected chi connectivity index (χ1v) is 6.32. The van der Waals surface area contributed by atoms with Crippen LogP contribution >= 0.6 is 0 Å². The van der Waals surface area contributed by atoms with Gasteiger partial charge in [-0.05, 0) is 52.0 Å². The lowest BCUT2D eigenvalue weighted by atomic mass is 10.2. The predicted molar refractivity (Wildman–Crippen MR) is 83.2 cm³/mol. The van der Waals surface area contributed by atoms with E-state index in [4.69, 9.17) is 0 Å². The average Bonchev–Trinajstić information content (AvgIpc) is 2.30. The van der Waals surface area contributed by atoms with Crippen LogP contribution in [0.15, 0.2) is 73.2 Å². The minimum Gasteiger partial charge on any atom is -0.339 e. The van der Waals surface area contributed by atoms with Crippen molar-refractivity contribution in [3.05, 3.63) is 73.2 Å². The van der Waals surface area contributed by atoms with Gasteiger partial charge in [-0.1, -0.05) is 37.5 Å². The average molecular weight is 243 g/mol. The van der Waals surface area contributed by atoms with Crippen LogP contribution in [0.3, 0.4) is 0 Å². The van der Waals surface area contributed by atoms with E-state index in [1.807, 2.05) is 50.3 Å². The maximum Gasteiger partial charge on any atom is 0.0409 e. The van der Waals surface area contributed by atoms with Crippen LogP contribution < -0.4 is 0 Å². The fraction of sp³-hybridized carbons (Fsp3) is 0.294. The van der Waals surface area contributed by atoms with E-state index in [0.717, 1.165) is 11.4 Å². The van der Waals surface area contributed by atoms with Crippen LogP contribution in [0.2, 0.25) is 0 Å². The fourth-order valence-electron chi connectivity index (χ4n) is 1.76. The van der Waals surface area contributed by atoms with E-state index in [9.17, 15) is 0 Å². The zero-order valence-corrected chi connectivity index (χ0v) is 12.1. The van der Waals surface area contributed by atoms with Crippen molar-refractivity contribution in [3.8, 4) is 0 Å². The minimum atomic E-state index is 0.356. The van der Waals surface area contributed by atoms with Crippen molar-refractivity contribution in [3.63, 3.8) is 0 Å². The molecule has 0 radical (unpaired) electrons. The van der Waals surface area contributed by atoms with Crippen molar-refractivity contribution < 1.29 is 0 Å². The molecule has 0 rings (SSSR count). The number of hydrogen-bond donors (Lipinski definition) is 0. The summed E-state index contributed by atoms with van der Waals surface area (Å²) >= 11 is 0. The Labute approximate surface area is 112 Å². The summed E-state index contributed by atoms with van der Waals surface area (Å²) in [6.07, 6.45) is 15.9. The van der Waals surface area contributed by atoms with Crippen molar-refractivity contribution >= 4 is 0 Å². The smallest absolute Gasteiger partial charge is 0.0409 e. The first-order valence-electron chi connectivity index (χ1n) is 6.32. The summed E-state index contributed by atoms with van der Waals surface area (Å²) in [5, 5.41) is 0. The van der Waals surface area contributed by atoms with Crippen LogP contribution in [-0.4, -0.2) is 10.9 Å². The highest BCUT2D eigenvalue weighted by Gasteiger charge is 2.13. The summed E-state index contributed by atoms with van der Waals surface area (Å²) in [5.41, 5.74) is 2.24. The molecule has 0 amide bonds. The van der Waals surface area contributed by atoms with E-state index in [0.29, 0.717) is 6.04 Å². The van der Waals surface area contributed by atoms with E-state index < -0.39 is 0 Å². The van der Waals surface area contributed by atoms with E-state index in [-0.39, 0.29) is 0 Å². The molecule has 0 unspecified atom stereocenters. The van der Waals surface area contributed by atoms with Crippen LogP contribution in [-0.2, 0) is 0 Å².